The molecule has 0 aliphatic heterocycles. The summed E-state index contributed by atoms with van der Waals surface area (Å²) < 4.78 is 5.45. The van der Waals surface area contributed by atoms with E-state index in [1.807, 2.05) is 0 Å². The Hall–Kier alpha value is -0.890. The number of hydrogen-bond donors (Lipinski definition) is 1. The van der Waals surface area contributed by atoms with Crippen LogP contribution in [0.3, 0.4) is 0 Å². The highest BCUT2D eigenvalue weighted by atomic mass is 35.5. The van der Waals surface area contributed by atoms with Crippen LogP contribution in [-0.4, -0.2) is 11.7 Å². The van der Waals surface area contributed by atoms with Crippen LogP contribution in [0.2, 0.25) is 5.02 Å². The van der Waals surface area contributed by atoms with Crippen molar-refractivity contribution in [3.8, 4) is 11.5 Å². The van der Waals surface area contributed by atoms with Gasteiger partial charge in [-0.05, 0) is 30.9 Å². The summed E-state index contributed by atoms with van der Waals surface area (Å²) in [5, 5.41) is 9.63. The predicted molar refractivity (Wildman–Crippen MR) is 51.3 cm³/mol. The molecule has 0 heterocycles. The zero-order valence-electron chi connectivity index (χ0n) is 7.16. The average Bonchev–Trinajstić information content (AvgIpc) is 2.91. The molecule has 0 aromatic heterocycles. The summed E-state index contributed by atoms with van der Waals surface area (Å²) >= 11 is 5.65. The van der Waals surface area contributed by atoms with E-state index in [1.165, 1.54) is 12.8 Å². The van der Waals surface area contributed by atoms with Gasteiger partial charge in [-0.1, -0.05) is 11.6 Å². The molecule has 1 aliphatic carbocycles. The van der Waals surface area contributed by atoms with Crippen LogP contribution >= 0.6 is 11.6 Å². The van der Waals surface area contributed by atoms with E-state index in [1.54, 1.807) is 18.2 Å². The van der Waals surface area contributed by atoms with E-state index >= 15 is 0 Å². The molecule has 0 amide bonds. The van der Waals surface area contributed by atoms with Gasteiger partial charge in [0.05, 0.1) is 11.6 Å². The summed E-state index contributed by atoms with van der Waals surface area (Å²) in [5.41, 5.74) is 0. The molecule has 1 N–H and O–H groups in total. The smallest absolute Gasteiger partial charge is 0.137 e. The average molecular weight is 199 g/mol. The molecule has 0 atom stereocenters. The molecule has 0 bridgehead atoms. The molecule has 1 aromatic carbocycles. The second-order valence-corrected chi connectivity index (χ2v) is 3.77. The number of halogens is 1. The molecule has 0 spiro atoms. The fourth-order valence-electron chi connectivity index (χ4n) is 1.08. The Morgan fingerprint density at radius 2 is 2.23 bits per heavy atom. The normalized spacial score (nSPS) is 15.8. The third-order valence-electron chi connectivity index (χ3n) is 2.10. The molecule has 2 rings (SSSR count). The molecule has 70 valence electrons. The van der Waals surface area contributed by atoms with E-state index in [2.05, 4.69) is 0 Å². The summed E-state index contributed by atoms with van der Waals surface area (Å²) in [7, 11) is 0. The van der Waals surface area contributed by atoms with Gasteiger partial charge in [-0.15, -0.1) is 0 Å². The summed E-state index contributed by atoms with van der Waals surface area (Å²) in [6.45, 7) is 0.751. The van der Waals surface area contributed by atoms with Gasteiger partial charge in [0.2, 0.25) is 0 Å². The second-order valence-electron chi connectivity index (χ2n) is 3.37. The van der Waals surface area contributed by atoms with E-state index in [0.717, 1.165) is 12.5 Å². The molecule has 3 heteroatoms. The van der Waals surface area contributed by atoms with Gasteiger partial charge >= 0.3 is 0 Å². The second kappa shape index (κ2) is 3.46. The zero-order valence-corrected chi connectivity index (χ0v) is 7.92. The molecule has 0 saturated heterocycles. The van der Waals surface area contributed by atoms with Gasteiger partial charge in [0.15, 0.2) is 0 Å². The molecule has 1 aliphatic rings. The van der Waals surface area contributed by atoms with Crippen LogP contribution in [0.5, 0.6) is 11.5 Å². The lowest BCUT2D eigenvalue weighted by Gasteiger charge is -2.05. The molecular formula is C10H11ClO2. The highest BCUT2D eigenvalue weighted by Crippen LogP contribution is 2.31. The van der Waals surface area contributed by atoms with Crippen LogP contribution in [0.15, 0.2) is 18.2 Å². The topological polar surface area (TPSA) is 29.5 Å². The molecular weight excluding hydrogens is 188 g/mol. The van der Waals surface area contributed by atoms with Crippen molar-refractivity contribution in [3.05, 3.63) is 23.2 Å². The van der Waals surface area contributed by atoms with Crippen molar-refractivity contribution < 1.29 is 9.84 Å². The highest BCUT2D eigenvalue weighted by molar-refractivity contribution is 6.32. The number of phenolic OH excluding ortho intramolecular Hbond substituents is 1. The first-order valence-electron chi connectivity index (χ1n) is 4.37. The van der Waals surface area contributed by atoms with E-state index in [-0.39, 0.29) is 5.75 Å². The fraction of sp³-hybridized carbons (Fsp3) is 0.400. The predicted octanol–water partition coefficient (Wildman–Crippen LogP) is 2.83. The van der Waals surface area contributed by atoms with Crippen LogP contribution in [0, 0.1) is 5.92 Å². The Morgan fingerprint density at radius 1 is 1.46 bits per heavy atom. The van der Waals surface area contributed by atoms with Crippen LogP contribution in [0.25, 0.3) is 0 Å². The van der Waals surface area contributed by atoms with Crippen molar-refractivity contribution in [3.63, 3.8) is 0 Å². The van der Waals surface area contributed by atoms with Crippen LogP contribution in [0.4, 0.5) is 0 Å². The van der Waals surface area contributed by atoms with E-state index in [0.29, 0.717) is 10.8 Å². The molecule has 1 saturated carbocycles. The molecule has 0 radical (unpaired) electrons. The van der Waals surface area contributed by atoms with Crippen molar-refractivity contribution in [1.29, 1.82) is 0 Å². The number of phenols is 1. The SMILES string of the molecule is Oc1cc(OCC2CC2)ccc1Cl. The number of rotatable bonds is 3. The van der Waals surface area contributed by atoms with Crippen molar-refractivity contribution in [2.24, 2.45) is 5.92 Å². The molecule has 1 fully saturated rings. The molecule has 13 heavy (non-hydrogen) atoms. The van der Waals surface area contributed by atoms with Gasteiger partial charge in [0.25, 0.3) is 0 Å². The number of benzene rings is 1. The van der Waals surface area contributed by atoms with E-state index < -0.39 is 0 Å². The van der Waals surface area contributed by atoms with Crippen molar-refractivity contribution in [2.45, 2.75) is 12.8 Å². The zero-order chi connectivity index (χ0) is 9.26. The van der Waals surface area contributed by atoms with Crippen molar-refractivity contribution in [2.75, 3.05) is 6.61 Å². The van der Waals surface area contributed by atoms with Gasteiger partial charge in [0.1, 0.15) is 11.5 Å². The first kappa shape index (κ1) is 8.70. The first-order chi connectivity index (χ1) is 6.25. The number of aromatic hydroxyl groups is 1. The van der Waals surface area contributed by atoms with Gasteiger partial charge in [-0.25, -0.2) is 0 Å². The van der Waals surface area contributed by atoms with Crippen LogP contribution in [0.1, 0.15) is 12.8 Å². The lowest BCUT2D eigenvalue weighted by Crippen LogP contribution is -1.98. The Labute approximate surface area is 82.1 Å². The quantitative estimate of drug-likeness (QED) is 0.810. The molecule has 1 aromatic rings. The lowest BCUT2D eigenvalue weighted by molar-refractivity contribution is 0.298. The fourth-order valence-corrected chi connectivity index (χ4v) is 1.20. The van der Waals surface area contributed by atoms with Crippen LogP contribution < -0.4 is 4.74 Å². The monoisotopic (exact) mass is 198 g/mol. The van der Waals surface area contributed by atoms with Crippen molar-refractivity contribution in [1.82, 2.24) is 0 Å². The van der Waals surface area contributed by atoms with Crippen molar-refractivity contribution >= 4 is 11.6 Å². The maximum Gasteiger partial charge on any atom is 0.137 e. The standard InChI is InChI=1S/C10H11ClO2/c11-9-4-3-8(5-10(9)12)13-6-7-1-2-7/h3-5,7,12H,1-2,6H2. The first-order valence-corrected chi connectivity index (χ1v) is 4.75. The molecule has 2 nitrogen and oxygen atoms in total. The van der Waals surface area contributed by atoms with Gasteiger partial charge < -0.3 is 9.84 Å². The number of ether oxygens (including phenoxy) is 1. The Morgan fingerprint density at radius 3 is 2.85 bits per heavy atom. The Bertz CT molecular complexity index is 308. The Kier molecular flexibility index (Phi) is 2.32. The highest BCUT2D eigenvalue weighted by Gasteiger charge is 2.21. The molecule has 0 unspecified atom stereocenters. The minimum Gasteiger partial charge on any atom is -0.506 e. The maximum absolute atomic E-state index is 9.27. The van der Waals surface area contributed by atoms with Crippen LogP contribution in [-0.2, 0) is 0 Å². The largest absolute Gasteiger partial charge is 0.506 e. The summed E-state index contributed by atoms with van der Waals surface area (Å²) in [6.07, 6.45) is 2.53. The van der Waals surface area contributed by atoms with E-state index in [9.17, 15) is 5.11 Å². The van der Waals surface area contributed by atoms with Gasteiger partial charge in [0, 0.05) is 6.07 Å². The van der Waals surface area contributed by atoms with Gasteiger partial charge in [-0.3, -0.25) is 0 Å². The summed E-state index contributed by atoms with van der Waals surface area (Å²) in [4.78, 5) is 0. The third-order valence-corrected chi connectivity index (χ3v) is 2.42. The summed E-state index contributed by atoms with van der Waals surface area (Å²) in [5.74, 6) is 1.49. The summed E-state index contributed by atoms with van der Waals surface area (Å²) in [6, 6.07) is 4.95. The maximum atomic E-state index is 9.27. The third kappa shape index (κ3) is 2.28. The lowest BCUT2D eigenvalue weighted by atomic mass is 10.3. The minimum atomic E-state index is 0.0787. The van der Waals surface area contributed by atoms with Gasteiger partial charge in [-0.2, -0.15) is 0 Å². The minimum absolute atomic E-state index is 0.0787. The number of hydrogen-bond acceptors (Lipinski definition) is 2. The van der Waals surface area contributed by atoms with E-state index in [4.69, 9.17) is 16.3 Å². The Balaban J connectivity index is 1.98.